The monoisotopic (exact) mass is 398 g/mol. The van der Waals surface area contributed by atoms with Crippen LogP contribution in [-0.4, -0.2) is 14.7 Å². The van der Waals surface area contributed by atoms with Crippen molar-refractivity contribution in [1.82, 2.24) is 0 Å². The zero-order valence-corrected chi connectivity index (χ0v) is 14.5. The summed E-state index contributed by atoms with van der Waals surface area (Å²) in [6, 6.07) is 8.50. The first-order chi connectivity index (χ1) is 8.79. The lowest BCUT2D eigenvalue weighted by molar-refractivity contribution is 0.602. The molecule has 2 nitrogen and oxygen atoms in total. The fraction of sp³-hybridized carbons (Fsp3) is 0.167. The van der Waals surface area contributed by atoms with E-state index in [4.69, 9.17) is 23.2 Å². The zero-order chi connectivity index (χ0) is 14.2. The van der Waals surface area contributed by atoms with Crippen molar-refractivity contribution >= 4 is 60.3 Å². The van der Waals surface area contributed by atoms with Crippen molar-refractivity contribution < 1.29 is 8.42 Å². The summed E-state index contributed by atoms with van der Waals surface area (Å²) in [5.41, 5.74) is 1.80. The SMILES string of the molecule is CS(=O)(=O)c1ccc(C(Br)c2cc(Cl)sc2Cl)cc1. The summed E-state index contributed by atoms with van der Waals surface area (Å²) in [7, 11) is -3.17. The summed E-state index contributed by atoms with van der Waals surface area (Å²) < 4.78 is 24.0. The molecule has 1 aromatic carbocycles. The second-order valence-electron chi connectivity index (χ2n) is 3.98. The molecule has 0 radical (unpaired) electrons. The molecule has 7 heteroatoms. The molecule has 0 aliphatic heterocycles. The number of thiophene rings is 1. The lowest BCUT2D eigenvalue weighted by Crippen LogP contribution is -1.98. The number of hydrogen-bond donors (Lipinski definition) is 0. The highest BCUT2D eigenvalue weighted by molar-refractivity contribution is 9.09. The highest BCUT2D eigenvalue weighted by atomic mass is 79.9. The molecule has 0 aliphatic carbocycles. The standard InChI is InChI=1S/C12H9BrCl2O2S2/c1-19(16,17)8-4-2-7(3-5-8)11(13)9-6-10(14)18-12(9)15/h2-6,11H,1H3. The van der Waals surface area contributed by atoms with Crippen LogP contribution in [0.1, 0.15) is 16.0 Å². The summed E-state index contributed by atoms with van der Waals surface area (Å²) in [5, 5.41) is 0. The molecule has 1 atom stereocenters. The molecular formula is C12H9BrCl2O2S2. The van der Waals surface area contributed by atoms with Gasteiger partial charge in [-0.2, -0.15) is 0 Å². The van der Waals surface area contributed by atoms with Crippen LogP contribution in [0.2, 0.25) is 8.67 Å². The minimum Gasteiger partial charge on any atom is -0.224 e. The van der Waals surface area contributed by atoms with E-state index in [1.165, 1.54) is 17.6 Å². The lowest BCUT2D eigenvalue weighted by atomic mass is 10.1. The van der Waals surface area contributed by atoms with Gasteiger partial charge in [0.1, 0.15) is 0 Å². The number of sulfone groups is 1. The van der Waals surface area contributed by atoms with Crippen LogP contribution in [0.15, 0.2) is 35.2 Å². The van der Waals surface area contributed by atoms with Crippen LogP contribution in [-0.2, 0) is 9.84 Å². The highest BCUT2D eigenvalue weighted by Crippen LogP contribution is 2.41. The number of rotatable bonds is 3. The molecule has 1 aromatic heterocycles. The van der Waals surface area contributed by atoms with Gasteiger partial charge in [0, 0.05) is 11.8 Å². The molecule has 2 aromatic rings. The van der Waals surface area contributed by atoms with Crippen LogP contribution < -0.4 is 0 Å². The maximum absolute atomic E-state index is 11.4. The fourth-order valence-corrected chi connectivity index (χ4v) is 4.70. The van der Waals surface area contributed by atoms with Gasteiger partial charge >= 0.3 is 0 Å². The third-order valence-electron chi connectivity index (χ3n) is 2.56. The number of halogens is 3. The van der Waals surface area contributed by atoms with Gasteiger partial charge in [-0.1, -0.05) is 51.3 Å². The Hall–Kier alpha value is -0.0700. The summed E-state index contributed by atoms with van der Waals surface area (Å²) in [6.45, 7) is 0. The third-order valence-corrected chi connectivity index (χ3v) is 6.23. The van der Waals surface area contributed by atoms with Crippen molar-refractivity contribution in [2.24, 2.45) is 0 Å². The van der Waals surface area contributed by atoms with Crippen molar-refractivity contribution in [2.75, 3.05) is 6.26 Å². The maximum Gasteiger partial charge on any atom is 0.175 e. The van der Waals surface area contributed by atoms with Gasteiger partial charge < -0.3 is 0 Å². The quantitative estimate of drug-likeness (QED) is 0.684. The van der Waals surface area contributed by atoms with Gasteiger partial charge in [-0.3, -0.25) is 0 Å². The van der Waals surface area contributed by atoms with E-state index in [1.54, 1.807) is 30.3 Å². The average Bonchev–Trinajstić information content (AvgIpc) is 2.66. The molecule has 0 saturated heterocycles. The van der Waals surface area contributed by atoms with Crippen LogP contribution in [0.25, 0.3) is 0 Å². The second-order valence-corrected chi connectivity index (χ2v) is 9.20. The van der Waals surface area contributed by atoms with E-state index in [0.717, 1.165) is 11.1 Å². The Bertz CT molecular complexity index is 693. The first-order valence-electron chi connectivity index (χ1n) is 5.18. The van der Waals surface area contributed by atoms with E-state index in [1.807, 2.05) is 0 Å². The molecule has 0 fully saturated rings. The Morgan fingerprint density at radius 3 is 2.21 bits per heavy atom. The maximum atomic E-state index is 11.4. The average molecular weight is 400 g/mol. The zero-order valence-electron chi connectivity index (χ0n) is 9.73. The molecule has 0 N–H and O–H groups in total. The van der Waals surface area contributed by atoms with Crippen LogP contribution in [0.5, 0.6) is 0 Å². The van der Waals surface area contributed by atoms with Gasteiger partial charge in [0.2, 0.25) is 0 Å². The minimum absolute atomic E-state index is 0.114. The largest absolute Gasteiger partial charge is 0.224 e. The van der Waals surface area contributed by atoms with Crippen molar-refractivity contribution in [2.45, 2.75) is 9.72 Å². The van der Waals surface area contributed by atoms with E-state index in [0.29, 0.717) is 13.6 Å². The Balaban J connectivity index is 2.35. The highest BCUT2D eigenvalue weighted by Gasteiger charge is 2.17. The van der Waals surface area contributed by atoms with Gasteiger partial charge in [0.25, 0.3) is 0 Å². The Morgan fingerprint density at radius 1 is 1.21 bits per heavy atom. The Kier molecular flexibility index (Phi) is 4.63. The fourth-order valence-electron chi connectivity index (χ4n) is 1.59. The van der Waals surface area contributed by atoms with E-state index in [2.05, 4.69) is 15.9 Å². The summed E-state index contributed by atoms with van der Waals surface area (Å²) >= 11 is 16.9. The Morgan fingerprint density at radius 2 is 1.79 bits per heavy atom. The predicted molar refractivity (Wildman–Crippen MR) is 84.7 cm³/mol. The topological polar surface area (TPSA) is 34.1 Å². The van der Waals surface area contributed by atoms with E-state index in [-0.39, 0.29) is 4.83 Å². The summed E-state index contributed by atoms with van der Waals surface area (Å²) in [5.74, 6) is 0. The first-order valence-corrected chi connectivity index (χ1v) is 9.56. The van der Waals surface area contributed by atoms with E-state index >= 15 is 0 Å². The van der Waals surface area contributed by atoms with E-state index < -0.39 is 9.84 Å². The van der Waals surface area contributed by atoms with Crippen molar-refractivity contribution in [3.05, 3.63) is 50.1 Å². The molecule has 0 saturated carbocycles. The van der Waals surface area contributed by atoms with Crippen molar-refractivity contribution in [3.63, 3.8) is 0 Å². The smallest absolute Gasteiger partial charge is 0.175 e. The molecular weight excluding hydrogens is 391 g/mol. The van der Waals surface area contributed by atoms with Crippen LogP contribution in [0.4, 0.5) is 0 Å². The molecule has 102 valence electrons. The molecule has 1 heterocycles. The Labute approximate surface area is 134 Å². The molecule has 0 spiro atoms. The van der Waals surface area contributed by atoms with Gasteiger partial charge in [0.15, 0.2) is 9.84 Å². The van der Waals surface area contributed by atoms with Gasteiger partial charge in [-0.15, -0.1) is 11.3 Å². The van der Waals surface area contributed by atoms with E-state index in [9.17, 15) is 8.42 Å². The van der Waals surface area contributed by atoms with Crippen molar-refractivity contribution in [3.8, 4) is 0 Å². The first kappa shape index (κ1) is 15.3. The minimum atomic E-state index is -3.17. The molecule has 19 heavy (non-hydrogen) atoms. The van der Waals surface area contributed by atoms with Crippen LogP contribution in [0.3, 0.4) is 0 Å². The number of alkyl halides is 1. The number of benzene rings is 1. The molecule has 0 bridgehead atoms. The van der Waals surface area contributed by atoms with Gasteiger partial charge in [-0.05, 0) is 23.8 Å². The summed E-state index contributed by atoms with van der Waals surface area (Å²) in [6.07, 6.45) is 1.18. The second kappa shape index (κ2) is 5.74. The molecule has 0 aliphatic rings. The van der Waals surface area contributed by atoms with Crippen molar-refractivity contribution in [1.29, 1.82) is 0 Å². The van der Waals surface area contributed by atoms with Crippen LogP contribution >= 0.6 is 50.5 Å². The molecule has 2 rings (SSSR count). The number of hydrogen-bond acceptors (Lipinski definition) is 3. The third kappa shape index (κ3) is 3.52. The molecule has 1 unspecified atom stereocenters. The van der Waals surface area contributed by atoms with Crippen LogP contribution in [0, 0.1) is 0 Å². The van der Waals surface area contributed by atoms with Gasteiger partial charge in [-0.25, -0.2) is 8.42 Å². The lowest BCUT2D eigenvalue weighted by Gasteiger charge is -2.10. The summed E-state index contributed by atoms with van der Waals surface area (Å²) in [4.78, 5) is 0.183. The normalized spacial score (nSPS) is 13.5. The van der Waals surface area contributed by atoms with Gasteiger partial charge in [0.05, 0.1) is 18.4 Å². The molecule has 0 amide bonds. The predicted octanol–water partition coefficient (Wildman–Crippen LogP) is 4.94.